The molecule has 1 saturated heterocycles. The number of nitrogens with zero attached hydrogens (tertiary/aromatic N) is 1. The first kappa shape index (κ1) is 13.2. The molecule has 0 radical (unpaired) electrons. The van der Waals surface area contributed by atoms with E-state index in [-0.39, 0.29) is 5.83 Å². The van der Waals surface area contributed by atoms with Gasteiger partial charge in [0.2, 0.25) is 0 Å². The van der Waals surface area contributed by atoms with Crippen molar-refractivity contribution in [3.8, 4) is 0 Å². The standard InChI is InChI=1S/C17H26FN/c1-3-14-7-9-17(10-8-14)11-19(12-17)16-13(2)5-4-6-15(16)18/h5,14H,3-4,6-12H2,1-2H3. The maximum atomic E-state index is 14.0. The van der Waals surface area contributed by atoms with E-state index in [0.29, 0.717) is 11.8 Å². The summed E-state index contributed by atoms with van der Waals surface area (Å²) in [7, 11) is 0. The Morgan fingerprint density at radius 1 is 1.32 bits per heavy atom. The Morgan fingerprint density at radius 3 is 2.58 bits per heavy atom. The fraction of sp³-hybridized carbons (Fsp3) is 0.765. The Hall–Kier alpha value is -0.790. The second-order valence-electron chi connectivity index (χ2n) is 6.89. The third-order valence-electron chi connectivity index (χ3n) is 5.56. The molecule has 2 heteroatoms. The van der Waals surface area contributed by atoms with Gasteiger partial charge in [-0.25, -0.2) is 4.39 Å². The van der Waals surface area contributed by atoms with E-state index in [0.717, 1.165) is 36.7 Å². The first-order chi connectivity index (χ1) is 9.13. The van der Waals surface area contributed by atoms with Crippen molar-refractivity contribution in [1.82, 2.24) is 4.90 Å². The molecule has 0 aromatic carbocycles. The zero-order chi connectivity index (χ0) is 13.5. The maximum absolute atomic E-state index is 14.0. The molecule has 0 atom stereocenters. The van der Waals surface area contributed by atoms with Crippen LogP contribution >= 0.6 is 0 Å². The lowest BCUT2D eigenvalue weighted by Gasteiger charge is -2.55. The minimum Gasteiger partial charge on any atom is -0.368 e. The molecule has 0 amide bonds. The Balaban J connectivity index is 1.63. The van der Waals surface area contributed by atoms with Crippen LogP contribution < -0.4 is 0 Å². The lowest BCUT2D eigenvalue weighted by atomic mass is 9.65. The van der Waals surface area contributed by atoms with Crippen LogP contribution in [0.4, 0.5) is 4.39 Å². The van der Waals surface area contributed by atoms with Crippen LogP contribution in [0, 0.1) is 11.3 Å². The molecule has 0 unspecified atom stereocenters. The molecule has 2 fully saturated rings. The molecule has 3 aliphatic rings. The summed E-state index contributed by atoms with van der Waals surface area (Å²) in [6.07, 6.45) is 10.5. The van der Waals surface area contributed by atoms with Gasteiger partial charge in [-0.1, -0.05) is 19.4 Å². The molecule has 1 spiro atoms. The monoisotopic (exact) mass is 263 g/mol. The van der Waals surface area contributed by atoms with Crippen molar-refractivity contribution in [2.24, 2.45) is 11.3 Å². The van der Waals surface area contributed by atoms with Gasteiger partial charge in [0.1, 0.15) is 5.83 Å². The molecule has 1 aliphatic heterocycles. The van der Waals surface area contributed by atoms with E-state index in [9.17, 15) is 4.39 Å². The number of halogens is 1. The van der Waals surface area contributed by atoms with Crippen molar-refractivity contribution in [2.75, 3.05) is 13.1 Å². The van der Waals surface area contributed by atoms with Crippen molar-refractivity contribution in [3.63, 3.8) is 0 Å². The van der Waals surface area contributed by atoms with Gasteiger partial charge in [-0.15, -0.1) is 0 Å². The fourth-order valence-electron chi connectivity index (χ4n) is 4.20. The second kappa shape index (κ2) is 4.96. The molecule has 0 N–H and O–H groups in total. The highest BCUT2D eigenvalue weighted by atomic mass is 19.1. The van der Waals surface area contributed by atoms with Gasteiger partial charge >= 0.3 is 0 Å². The molecular weight excluding hydrogens is 237 g/mol. The van der Waals surface area contributed by atoms with Gasteiger partial charge in [0.25, 0.3) is 0 Å². The normalized spacial score (nSPS) is 27.5. The van der Waals surface area contributed by atoms with Crippen molar-refractivity contribution in [2.45, 2.75) is 58.8 Å². The van der Waals surface area contributed by atoms with Crippen LogP contribution in [0.15, 0.2) is 23.2 Å². The largest absolute Gasteiger partial charge is 0.368 e. The SMILES string of the molecule is CCC1CCC2(CC1)CN(C1=C(F)CCC=C1C)C2. The van der Waals surface area contributed by atoms with Gasteiger partial charge in [-0.3, -0.25) is 0 Å². The van der Waals surface area contributed by atoms with Crippen LogP contribution in [-0.2, 0) is 0 Å². The van der Waals surface area contributed by atoms with E-state index >= 15 is 0 Å². The van der Waals surface area contributed by atoms with E-state index < -0.39 is 0 Å². The summed E-state index contributed by atoms with van der Waals surface area (Å²) >= 11 is 0. The summed E-state index contributed by atoms with van der Waals surface area (Å²) < 4.78 is 14.0. The highest BCUT2D eigenvalue weighted by Crippen LogP contribution is 2.49. The molecule has 1 saturated carbocycles. The number of rotatable bonds is 2. The predicted molar refractivity (Wildman–Crippen MR) is 77.4 cm³/mol. The number of hydrogen-bond donors (Lipinski definition) is 0. The smallest absolute Gasteiger partial charge is 0.124 e. The third-order valence-corrected chi connectivity index (χ3v) is 5.56. The Bertz CT molecular complexity index is 405. The van der Waals surface area contributed by atoms with Gasteiger partial charge in [0.05, 0.1) is 5.70 Å². The minimum absolute atomic E-state index is 0.122. The van der Waals surface area contributed by atoms with Gasteiger partial charge < -0.3 is 4.90 Å². The fourth-order valence-corrected chi connectivity index (χ4v) is 4.20. The van der Waals surface area contributed by atoms with Crippen LogP contribution in [0.1, 0.15) is 58.8 Å². The van der Waals surface area contributed by atoms with Crippen molar-refractivity contribution in [3.05, 3.63) is 23.2 Å². The topological polar surface area (TPSA) is 3.24 Å². The van der Waals surface area contributed by atoms with Crippen LogP contribution in [0.25, 0.3) is 0 Å². The first-order valence-electron chi connectivity index (χ1n) is 7.94. The average molecular weight is 263 g/mol. The molecule has 0 aromatic rings. The minimum atomic E-state index is 0.122. The van der Waals surface area contributed by atoms with Crippen molar-refractivity contribution in [1.29, 1.82) is 0 Å². The van der Waals surface area contributed by atoms with Crippen molar-refractivity contribution < 1.29 is 4.39 Å². The number of hydrogen-bond acceptors (Lipinski definition) is 1. The van der Waals surface area contributed by atoms with Crippen LogP contribution in [0.3, 0.4) is 0 Å². The molecule has 0 aromatic heterocycles. The highest BCUT2D eigenvalue weighted by molar-refractivity contribution is 5.35. The van der Waals surface area contributed by atoms with Crippen LogP contribution in [0.2, 0.25) is 0 Å². The maximum Gasteiger partial charge on any atom is 0.124 e. The second-order valence-corrected chi connectivity index (χ2v) is 6.89. The van der Waals surface area contributed by atoms with Gasteiger partial charge in [0, 0.05) is 24.9 Å². The van der Waals surface area contributed by atoms with E-state index in [1.54, 1.807) is 0 Å². The molecule has 1 nitrogen and oxygen atoms in total. The molecule has 2 aliphatic carbocycles. The van der Waals surface area contributed by atoms with E-state index in [1.165, 1.54) is 32.1 Å². The summed E-state index contributed by atoms with van der Waals surface area (Å²) in [5.41, 5.74) is 2.60. The summed E-state index contributed by atoms with van der Waals surface area (Å²) in [4.78, 5) is 2.30. The summed E-state index contributed by atoms with van der Waals surface area (Å²) in [5.74, 6) is 1.07. The Kier molecular flexibility index (Phi) is 3.44. The molecule has 3 rings (SSSR count). The summed E-state index contributed by atoms with van der Waals surface area (Å²) in [6, 6.07) is 0. The molecule has 106 valence electrons. The van der Waals surface area contributed by atoms with E-state index in [4.69, 9.17) is 0 Å². The summed E-state index contributed by atoms with van der Waals surface area (Å²) in [5, 5.41) is 0. The van der Waals surface area contributed by atoms with Gasteiger partial charge in [0.15, 0.2) is 0 Å². The van der Waals surface area contributed by atoms with Crippen molar-refractivity contribution >= 4 is 0 Å². The zero-order valence-corrected chi connectivity index (χ0v) is 12.3. The zero-order valence-electron chi connectivity index (χ0n) is 12.3. The number of allylic oxidation sites excluding steroid dienone is 3. The Morgan fingerprint density at radius 2 is 2.00 bits per heavy atom. The lowest BCUT2D eigenvalue weighted by molar-refractivity contribution is -0.0166. The predicted octanol–water partition coefficient (Wildman–Crippen LogP) is 4.81. The van der Waals surface area contributed by atoms with Crippen LogP contribution in [-0.4, -0.2) is 18.0 Å². The molecule has 0 bridgehead atoms. The van der Waals surface area contributed by atoms with E-state index in [1.807, 2.05) is 0 Å². The highest BCUT2D eigenvalue weighted by Gasteiger charge is 2.46. The molecule has 1 heterocycles. The molecular formula is C17H26FN. The Labute approximate surface area is 116 Å². The van der Waals surface area contributed by atoms with E-state index in [2.05, 4.69) is 24.8 Å². The third kappa shape index (κ3) is 2.34. The van der Waals surface area contributed by atoms with Crippen LogP contribution in [0.5, 0.6) is 0 Å². The first-order valence-corrected chi connectivity index (χ1v) is 7.94. The van der Waals surface area contributed by atoms with Gasteiger partial charge in [-0.05, 0) is 50.5 Å². The summed E-state index contributed by atoms with van der Waals surface area (Å²) in [6.45, 7) is 6.56. The quantitative estimate of drug-likeness (QED) is 0.691. The number of likely N-dealkylation sites (tertiary alicyclic amines) is 1. The van der Waals surface area contributed by atoms with Gasteiger partial charge in [-0.2, -0.15) is 0 Å². The average Bonchev–Trinajstić information content (AvgIpc) is 2.37. The molecule has 19 heavy (non-hydrogen) atoms. The lowest BCUT2D eigenvalue weighted by Crippen LogP contribution is -2.57.